The zero-order valence-corrected chi connectivity index (χ0v) is 14.6. The minimum Gasteiger partial charge on any atom is -0.383 e. The fraction of sp³-hybridized carbons (Fsp3) is 0.632. The van der Waals surface area contributed by atoms with Crippen molar-refractivity contribution in [3.8, 4) is 0 Å². The van der Waals surface area contributed by atoms with E-state index in [1.807, 2.05) is 35.2 Å². The summed E-state index contributed by atoms with van der Waals surface area (Å²) in [6.07, 6.45) is 1.57. The normalized spacial score (nSPS) is 25.1. The van der Waals surface area contributed by atoms with Gasteiger partial charge in [0, 0.05) is 38.7 Å². The van der Waals surface area contributed by atoms with Crippen molar-refractivity contribution >= 4 is 5.91 Å². The van der Waals surface area contributed by atoms with Crippen molar-refractivity contribution in [2.24, 2.45) is 5.41 Å². The van der Waals surface area contributed by atoms with Crippen molar-refractivity contribution in [3.63, 3.8) is 0 Å². The fourth-order valence-corrected chi connectivity index (χ4v) is 3.77. The van der Waals surface area contributed by atoms with Gasteiger partial charge in [-0.1, -0.05) is 30.3 Å². The summed E-state index contributed by atoms with van der Waals surface area (Å²) >= 11 is 0. The predicted octanol–water partition coefficient (Wildman–Crippen LogP) is 1.43. The zero-order chi connectivity index (χ0) is 16.8. The Morgan fingerprint density at radius 1 is 1.25 bits per heavy atom. The molecule has 0 aromatic heterocycles. The summed E-state index contributed by atoms with van der Waals surface area (Å²) in [6.45, 7) is 6.67. The molecule has 5 nitrogen and oxygen atoms in total. The van der Waals surface area contributed by atoms with Crippen LogP contribution in [-0.2, 0) is 20.7 Å². The largest absolute Gasteiger partial charge is 0.383 e. The molecule has 1 amide bonds. The molecule has 2 aliphatic heterocycles. The number of hydrogen-bond acceptors (Lipinski definition) is 4. The quantitative estimate of drug-likeness (QED) is 0.818. The van der Waals surface area contributed by atoms with E-state index in [4.69, 9.17) is 9.47 Å². The highest BCUT2D eigenvalue weighted by atomic mass is 16.5. The Balaban J connectivity index is 1.61. The number of ether oxygens (including phenoxy) is 2. The van der Waals surface area contributed by atoms with E-state index in [1.54, 1.807) is 7.11 Å². The van der Waals surface area contributed by atoms with Crippen molar-refractivity contribution in [2.75, 3.05) is 59.7 Å². The average Bonchev–Trinajstić information content (AvgIpc) is 2.86. The zero-order valence-electron chi connectivity index (χ0n) is 14.6. The molecule has 0 unspecified atom stereocenters. The van der Waals surface area contributed by atoms with Crippen LogP contribution in [0.2, 0.25) is 0 Å². The summed E-state index contributed by atoms with van der Waals surface area (Å²) in [5.74, 6) is 0.210. The molecule has 5 heteroatoms. The van der Waals surface area contributed by atoms with Crippen LogP contribution < -0.4 is 0 Å². The molecule has 1 spiro atoms. The minimum atomic E-state index is 0.0799. The summed E-state index contributed by atoms with van der Waals surface area (Å²) in [5, 5.41) is 0. The molecular weight excluding hydrogens is 304 g/mol. The molecule has 0 radical (unpaired) electrons. The summed E-state index contributed by atoms with van der Waals surface area (Å²) in [7, 11) is 1.74. The van der Waals surface area contributed by atoms with Crippen LogP contribution in [0.5, 0.6) is 0 Å². The lowest BCUT2D eigenvalue weighted by molar-refractivity contribution is -0.131. The molecule has 1 aromatic rings. The van der Waals surface area contributed by atoms with Crippen LogP contribution in [0, 0.1) is 5.41 Å². The Labute approximate surface area is 144 Å². The average molecular weight is 332 g/mol. The summed E-state index contributed by atoms with van der Waals surface area (Å²) in [6, 6.07) is 9.99. The summed E-state index contributed by atoms with van der Waals surface area (Å²) in [5.41, 5.74) is 1.16. The van der Waals surface area contributed by atoms with Crippen LogP contribution >= 0.6 is 0 Å². The van der Waals surface area contributed by atoms with E-state index < -0.39 is 0 Å². The molecule has 1 atom stereocenters. The van der Waals surface area contributed by atoms with Gasteiger partial charge in [0.05, 0.1) is 26.2 Å². The smallest absolute Gasteiger partial charge is 0.227 e. The van der Waals surface area contributed by atoms with E-state index in [1.165, 1.54) is 0 Å². The second-order valence-electron chi connectivity index (χ2n) is 7.05. The van der Waals surface area contributed by atoms with Gasteiger partial charge in [0.15, 0.2) is 0 Å². The molecule has 132 valence electrons. The first-order valence-electron chi connectivity index (χ1n) is 8.82. The van der Waals surface area contributed by atoms with E-state index in [0.717, 1.165) is 51.4 Å². The molecule has 3 rings (SSSR count). The number of methoxy groups -OCH3 is 1. The first-order valence-corrected chi connectivity index (χ1v) is 8.82. The Bertz CT molecular complexity index is 537. The summed E-state index contributed by atoms with van der Waals surface area (Å²) < 4.78 is 11.1. The van der Waals surface area contributed by atoms with E-state index in [0.29, 0.717) is 19.6 Å². The first kappa shape index (κ1) is 17.4. The second kappa shape index (κ2) is 8.10. The second-order valence-corrected chi connectivity index (χ2v) is 7.05. The van der Waals surface area contributed by atoms with E-state index >= 15 is 0 Å². The van der Waals surface area contributed by atoms with Crippen LogP contribution in [0.1, 0.15) is 12.0 Å². The van der Waals surface area contributed by atoms with Crippen LogP contribution in [0.4, 0.5) is 0 Å². The van der Waals surface area contributed by atoms with Gasteiger partial charge in [-0.3, -0.25) is 4.79 Å². The molecule has 0 aliphatic carbocycles. The van der Waals surface area contributed by atoms with Gasteiger partial charge in [-0.2, -0.15) is 0 Å². The highest BCUT2D eigenvalue weighted by molar-refractivity contribution is 5.78. The lowest BCUT2D eigenvalue weighted by atomic mass is 9.87. The van der Waals surface area contributed by atoms with Crippen LogP contribution in [-0.4, -0.2) is 75.4 Å². The van der Waals surface area contributed by atoms with Crippen molar-refractivity contribution in [1.29, 1.82) is 0 Å². The SMILES string of the molecule is COCCN1CC[C@]2(COCCN(C(=O)Cc3ccccc3)C2)C1. The van der Waals surface area contributed by atoms with E-state index in [2.05, 4.69) is 4.90 Å². The van der Waals surface area contributed by atoms with Crippen LogP contribution in [0.3, 0.4) is 0 Å². The monoisotopic (exact) mass is 332 g/mol. The van der Waals surface area contributed by atoms with Crippen molar-refractivity contribution in [2.45, 2.75) is 12.8 Å². The lowest BCUT2D eigenvalue weighted by Crippen LogP contribution is -2.44. The van der Waals surface area contributed by atoms with Crippen molar-refractivity contribution < 1.29 is 14.3 Å². The molecule has 1 aromatic carbocycles. The number of rotatable bonds is 5. The van der Waals surface area contributed by atoms with Crippen LogP contribution in [0.15, 0.2) is 30.3 Å². The molecule has 0 bridgehead atoms. The van der Waals surface area contributed by atoms with Gasteiger partial charge in [0.1, 0.15) is 0 Å². The third kappa shape index (κ3) is 4.35. The topological polar surface area (TPSA) is 42.0 Å². The number of carbonyl (C=O) groups excluding carboxylic acids is 1. The number of carbonyl (C=O) groups is 1. The third-order valence-corrected chi connectivity index (χ3v) is 5.12. The Morgan fingerprint density at radius 3 is 2.88 bits per heavy atom. The van der Waals surface area contributed by atoms with E-state index in [-0.39, 0.29) is 11.3 Å². The standard InChI is InChI=1S/C19H28N2O3/c1-23-11-9-20-8-7-19(14-20)15-21(10-12-24-16-19)18(22)13-17-5-3-2-4-6-17/h2-6H,7-16H2,1H3/t19-/m0/s1. The van der Waals surface area contributed by atoms with E-state index in [9.17, 15) is 4.79 Å². The minimum absolute atomic E-state index is 0.0799. The molecule has 0 saturated carbocycles. The molecule has 0 N–H and O–H groups in total. The molecule has 2 heterocycles. The fourth-order valence-electron chi connectivity index (χ4n) is 3.77. The third-order valence-electron chi connectivity index (χ3n) is 5.12. The van der Waals surface area contributed by atoms with Gasteiger partial charge in [0.2, 0.25) is 5.91 Å². The van der Waals surface area contributed by atoms with Crippen molar-refractivity contribution in [3.05, 3.63) is 35.9 Å². The maximum atomic E-state index is 12.8. The van der Waals surface area contributed by atoms with Gasteiger partial charge >= 0.3 is 0 Å². The molecular formula is C19H28N2O3. The maximum Gasteiger partial charge on any atom is 0.227 e. The van der Waals surface area contributed by atoms with Crippen molar-refractivity contribution in [1.82, 2.24) is 9.80 Å². The number of amides is 1. The first-order chi connectivity index (χ1) is 11.7. The predicted molar refractivity (Wildman–Crippen MR) is 92.9 cm³/mol. The van der Waals surface area contributed by atoms with Gasteiger partial charge in [0.25, 0.3) is 0 Å². The molecule has 2 aliphatic rings. The highest BCUT2D eigenvalue weighted by Gasteiger charge is 2.41. The lowest BCUT2D eigenvalue weighted by Gasteiger charge is -2.32. The van der Waals surface area contributed by atoms with Crippen LogP contribution in [0.25, 0.3) is 0 Å². The molecule has 2 saturated heterocycles. The maximum absolute atomic E-state index is 12.8. The summed E-state index contributed by atoms with van der Waals surface area (Å²) in [4.78, 5) is 17.2. The van der Waals surface area contributed by atoms with Gasteiger partial charge in [-0.15, -0.1) is 0 Å². The molecule has 2 fully saturated rings. The Kier molecular flexibility index (Phi) is 5.87. The Hall–Kier alpha value is -1.43. The number of nitrogens with zero attached hydrogens (tertiary/aromatic N) is 2. The number of hydrogen-bond donors (Lipinski definition) is 0. The van der Waals surface area contributed by atoms with Gasteiger partial charge in [-0.05, 0) is 18.5 Å². The molecule has 24 heavy (non-hydrogen) atoms. The Morgan fingerprint density at radius 2 is 2.08 bits per heavy atom. The van der Waals surface area contributed by atoms with Gasteiger partial charge in [-0.25, -0.2) is 0 Å². The number of benzene rings is 1. The number of likely N-dealkylation sites (tertiary alicyclic amines) is 1. The highest BCUT2D eigenvalue weighted by Crippen LogP contribution is 2.33. The van der Waals surface area contributed by atoms with Gasteiger partial charge < -0.3 is 19.3 Å².